The molecule has 1 rings (SSSR count). The summed E-state index contributed by atoms with van der Waals surface area (Å²) in [6.07, 6.45) is 3.06. The van der Waals surface area contributed by atoms with Crippen molar-refractivity contribution in [3.05, 3.63) is 0 Å². The van der Waals surface area contributed by atoms with Gasteiger partial charge in [0.05, 0.1) is 6.04 Å². The second-order valence-electron chi connectivity index (χ2n) is 2.32. The van der Waals surface area contributed by atoms with Crippen LogP contribution in [0.15, 0.2) is 0 Å². The molecule has 0 aromatic carbocycles. The molecule has 1 saturated heterocycles. The smallest absolute Gasteiger partial charge is 0.217 e. The van der Waals surface area contributed by atoms with Crippen LogP contribution in [0.25, 0.3) is 0 Å². The van der Waals surface area contributed by atoms with Crippen molar-refractivity contribution in [2.45, 2.75) is 19.4 Å². The monoisotopic (exact) mass is 112 g/mol. The molecule has 8 heavy (non-hydrogen) atoms. The lowest BCUT2D eigenvalue weighted by Gasteiger charge is -2.03. The Bertz CT molecular complexity index is 92.5. The third kappa shape index (κ3) is 0.892. The normalized spacial score (nSPS) is 37.6. The summed E-state index contributed by atoms with van der Waals surface area (Å²) in [6, 6.07) is 0.00926. The lowest BCUT2D eigenvalue weighted by Crippen LogP contribution is -2.26. The maximum absolute atomic E-state index is 10.0. The maximum atomic E-state index is 10.0. The summed E-state index contributed by atoms with van der Waals surface area (Å²) in [7, 11) is 0. The average molecular weight is 112 g/mol. The zero-order valence-corrected chi connectivity index (χ0v) is 4.98. The maximum Gasteiger partial charge on any atom is 0.217 e. The predicted molar refractivity (Wildman–Crippen MR) is 31.3 cm³/mol. The Kier molecular flexibility index (Phi) is 1.63. The topological polar surface area (TPSA) is 29.1 Å². The second-order valence-corrected chi connectivity index (χ2v) is 2.32. The van der Waals surface area contributed by atoms with E-state index in [9.17, 15) is 4.79 Å². The molecule has 2 nitrogen and oxygen atoms in total. The summed E-state index contributed by atoms with van der Waals surface area (Å²) < 4.78 is 0. The first-order valence-electron chi connectivity index (χ1n) is 2.95. The van der Waals surface area contributed by atoms with Gasteiger partial charge < -0.3 is 5.32 Å². The molecule has 1 aliphatic rings. The van der Waals surface area contributed by atoms with Crippen molar-refractivity contribution in [2.75, 3.05) is 6.54 Å². The zero-order chi connectivity index (χ0) is 5.98. The fraction of sp³-hybridized carbons (Fsp3) is 0.833. The molecule has 0 bridgehead atoms. The fourth-order valence-corrected chi connectivity index (χ4v) is 0.992. The van der Waals surface area contributed by atoms with Crippen LogP contribution < -0.4 is 5.32 Å². The average Bonchev–Trinajstić information content (AvgIpc) is 2.14. The van der Waals surface area contributed by atoms with Crippen LogP contribution in [-0.2, 0) is 4.79 Å². The lowest BCUT2D eigenvalue weighted by molar-refractivity contribution is 0.502. The van der Waals surface area contributed by atoms with Gasteiger partial charge in [0.25, 0.3) is 0 Å². The van der Waals surface area contributed by atoms with Gasteiger partial charge in [0.2, 0.25) is 6.29 Å². The third-order valence-corrected chi connectivity index (χ3v) is 1.66. The molecular weight excluding hydrogens is 102 g/mol. The highest BCUT2D eigenvalue weighted by atomic mass is 16.1. The number of nitrogens with one attached hydrogen (secondary N) is 1. The van der Waals surface area contributed by atoms with Crippen LogP contribution in [0.4, 0.5) is 0 Å². The molecule has 0 aliphatic carbocycles. The van der Waals surface area contributed by atoms with Crippen LogP contribution in [0.5, 0.6) is 0 Å². The molecule has 1 unspecified atom stereocenters. The minimum atomic E-state index is 0.00926. The van der Waals surface area contributed by atoms with Crippen molar-refractivity contribution in [1.29, 1.82) is 0 Å². The van der Waals surface area contributed by atoms with Gasteiger partial charge in [-0.25, -0.2) is 0 Å². The van der Waals surface area contributed by atoms with E-state index in [2.05, 4.69) is 12.2 Å². The van der Waals surface area contributed by atoms with Gasteiger partial charge in [0, 0.05) is 0 Å². The summed E-state index contributed by atoms with van der Waals surface area (Å²) >= 11 is 0. The third-order valence-electron chi connectivity index (χ3n) is 1.66. The molecule has 1 fully saturated rings. The van der Waals surface area contributed by atoms with Gasteiger partial charge in [-0.05, 0) is 18.9 Å². The first-order chi connectivity index (χ1) is 3.84. The van der Waals surface area contributed by atoms with E-state index in [-0.39, 0.29) is 6.04 Å². The molecule has 1 N–H and O–H groups in total. The quantitative estimate of drug-likeness (QED) is 0.521. The molecular formula is C6H10NO. The van der Waals surface area contributed by atoms with Gasteiger partial charge in [0.15, 0.2) is 0 Å². The minimum absolute atomic E-state index is 0.00926. The molecule has 0 spiro atoms. The number of hydrogen-bond donors (Lipinski definition) is 1. The van der Waals surface area contributed by atoms with Crippen molar-refractivity contribution in [2.24, 2.45) is 5.92 Å². The molecule has 1 heterocycles. The summed E-state index contributed by atoms with van der Waals surface area (Å²) in [4.78, 5) is 10.0. The Morgan fingerprint density at radius 3 is 2.75 bits per heavy atom. The SMILES string of the molecule is CC1CCN[C@@H]1[C]=O. The standard InChI is InChI=1S/C6H10NO/c1-5-2-3-7-6(5)4-8/h5-7H,2-3H2,1H3/t5?,6-/m1/s1. The minimum Gasteiger partial charge on any atom is -0.307 e. The van der Waals surface area contributed by atoms with Crippen molar-refractivity contribution >= 4 is 6.29 Å². The number of carbonyl (C=O) groups excluding carboxylic acids is 1. The number of hydrogen-bond acceptors (Lipinski definition) is 2. The zero-order valence-electron chi connectivity index (χ0n) is 4.98. The molecule has 0 amide bonds. The van der Waals surface area contributed by atoms with Crippen LogP contribution in [0.1, 0.15) is 13.3 Å². The van der Waals surface area contributed by atoms with E-state index in [4.69, 9.17) is 0 Å². The van der Waals surface area contributed by atoms with Crippen LogP contribution in [0, 0.1) is 5.92 Å². The highest BCUT2D eigenvalue weighted by Crippen LogP contribution is 2.11. The van der Waals surface area contributed by atoms with E-state index in [0.29, 0.717) is 5.92 Å². The van der Waals surface area contributed by atoms with Gasteiger partial charge in [-0.2, -0.15) is 0 Å². The molecule has 1 radical (unpaired) electrons. The van der Waals surface area contributed by atoms with Crippen LogP contribution >= 0.6 is 0 Å². The Morgan fingerprint density at radius 1 is 1.75 bits per heavy atom. The molecule has 1 aliphatic heterocycles. The van der Waals surface area contributed by atoms with Crippen molar-refractivity contribution in [1.82, 2.24) is 5.32 Å². The Morgan fingerprint density at radius 2 is 2.50 bits per heavy atom. The van der Waals surface area contributed by atoms with E-state index >= 15 is 0 Å². The van der Waals surface area contributed by atoms with Crippen molar-refractivity contribution in [3.8, 4) is 0 Å². The highest BCUT2D eigenvalue weighted by Gasteiger charge is 2.21. The Balaban J connectivity index is 2.41. The van der Waals surface area contributed by atoms with E-state index in [1.54, 1.807) is 0 Å². The molecule has 45 valence electrons. The summed E-state index contributed by atoms with van der Waals surface area (Å²) in [5.41, 5.74) is 0. The molecule has 2 atom stereocenters. The molecule has 0 aromatic rings. The fourth-order valence-electron chi connectivity index (χ4n) is 0.992. The van der Waals surface area contributed by atoms with Gasteiger partial charge in [-0.3, -0.25) is 4.79 Å². The second kappa shape index (κ2) is 2.27. The van der Waals surface area contributed by atoms with E-state index < -0.39 is 0 Å². The van der Waals surface area contributed by atoms with E-state index in [1.807, 2.05) is 6.29 Å². The van der Waals surface area contributed by atoms with Crippen LogP contribution in [-0.4, -0.2) is 18.9 Å². The first kappa shape index (κ1) is 5.76. The lowest BCUT2D eigenvalue weighted by atomic mass is 10.1. The molecule has 0 saturated carbocycles. The van der Waals surface area contributed by atoms with Gasteiger partial charge in [-0.1, -0.05) is 6.92 Å². The summed E-state index contributed by atoms with van der Waals surface area (Å²) in [5, 5.41) is 3.03. The van der Waals surface area contributed by atoms with Gasteiger partial charge in [-0.15, -0.1) is 0 Å². The Labute approximate surface area is 49.3 Å². The van der Waals surface area contributed by atoms with Crippen molar-refractivity contribution in [3.63, 3.8) is 0 Å². The largest absolute Gasteiger partial charge is 0.307 e. The van der Waals surface area contributed by atoms with E-state index in [0.717, 1.165) is 13.0 Å². The molecule has 2 heteroatoms. The van der Waals surface area contributed by atoms with Gasteiger partial charge >= 0.3 is 0 Å². The van der Waals surface area contributed by atoms with Gasteiger partial charge in [0.1, 0.15) is 0 Å². The molecule has 0 aromatic heterocycles. The Hall–Kier alpha value is -0.370. The number of rotatable bonds is 1. The summed E-state index contributed by atoms with van der Waals surface area (Å²) in [6.45, 7) is 3.04. The van der Waals surface area contributed by atoms with Crippen molar-refractivity contribution < 1.29 is 4.79 Å². The first-order valence-corrected chi connectivity index (χ1v) is 2.95. The van der Waals surface area contributed by atoms with Crippen LogP contribution in [0.3, 0.4) is 0 Å². The summed E-state index contributed by atoms with van der Waals surface area (Å²) in [5.74, 6) is 0.493. The van der Waals surface area contributed by atoms with Crippen LogP contribution in [0.2, 0.25) is 0 Å². The predicted octanol–water partition coefficient (Wildman–Crippen LogP) is 0.0941. The highest BCUT2D eigenvalue weighted by molar-refractivity contribution is 5.59. The van der Waals surface area contributed by atoms with E-state index in [1.165, 1.54) is 0 Å².